The Labute approximate surface area is 172 Å². The molecule has 4 heteroatoms. The topological polar surface area (TPSA) is 42.4 Å². The second kappa shape index (κ2) is 8.48. The highest BCUT2D eigenvalue weighted by Crippen LogP contribution is 2.31. The second-order valence-corrected chi connectivity index (χ2v) is 7.58. The Hall–Kier alpha value is -3.14. The Morgan fingerprint density at radius 2 is 1.79 bits per heavy atom. The fraction of sp³-hybridized carbons (Fsp3) is 0.280. The highest BCUT2D eigenvalue weighted by atomic mass is 16.5. The number of carbonyl (C=O) groups excluding carboxylic acids is 1. The molecule has 0 radical (unpaired) electrons. The van der Waals surface area contributed by atoms with Gasteiger partial charge in [0.2, 0.25) is 0 Å². The Kier molecular flexibility index (Phi) is 5.61. The third-order valence-corrected chi connectivity index (χ3v) is 5.54. The summed E-state index contributed by atoms with van der Waals surface area (Å²) in [6.07, 6.45) is 2.02. The molecule has 2 heterocycles. The minimum Gasteiger partial charge on any atom is -0.496 e. The largest absolute Gasteiger partial charge is 0.496 e. The van der Waals surface area contributed by atoms with Gasteiger partial charge in [-0.05, 0) is 55.2 Å². The number of likely N-dealkylation sites (tertiary alicyclic amines) is 1. The van der Waals surface area contributed by atoms with Crippen LogP contribution < -0.4 is 4.74 Å². The molecular formula is C25H26N2O2. The summed E-state index contributed by atoms with van der Waals surface area (Å²) in [5, 5.41) is 0. The van der Waals surface area contributed by atoms with Gasteiger partial charge in [0.15, 0.2) is 0 Å². The molecule has 4 rings (SSSR count). The third kappa shape index (κ3) is 4.16. The smallest absolute Gasteiger partial charge is 0.257 e. The first-order chi connectivity index (χ1) is 14.2. The first kappa shape index (κ1) is 19.2. The lowest BCUT2D eigenvalue weighted by Gasteiger charge is -2.33. The minimum atomic E-state index is 0.0306. The molecule has 1 atom stereocenters. The number of benzene rings is 2. The van der Waals surface area contributed by atoms with Crippen molar-refractivity contribution in [3.8, 4) is 16.9 Å². The van der Waals surface area contributed by atoms with Crippen LogP contribution in [-0.2, 0) is 0 Å². The van der Waals surface area contributed by atoms with Crippen molar-refractivity contribution in [1.29, 1.82) is 0 Å². The highest BCUT2D eigenvalue weighted by Gasteiger charge is 2.28. The van der Waals surface area contributed by atoms with Crippen molar-refractivity contribution in [1.82, 2.24) is 9.88 Å². The average Bonchev–Trinajstić information content (AvgIpc) is 2.79. The molecule has 1 aliphatic heterocycles. The van der Waals surface area contributed by atoms with Gasteiger partial charge in [0.1, 0.15) is 5.75 Å². The van der Waals surface area contributed by atoms with Crippen molar-refractivity contribution in [2.24, 2.45) is 0 Å². The zero-order chi connectivity index (χ0) is 20.2. The highest BCUT2D eigenvalue weighted by molar-refractivity contribution is 5.97. The zero-order valence-corrected chi connectivity index (χ0v) is 17.0. The molecule has 0 bridgehead atoms. The summed E-state index contributed by atoms with van der Waals surface area (Å²) in [5.41, 5.74) is 5.08. The van der Waals surface area contributed by atoms with Gasteiger partial charge in [0, 0.05) is 30.4 Å². The van der Waals surface area contributed by atoms with Crippen LogP contribution in [0.4, 0.5) is 0 Å². The van der Waals surface area contributed by atoms with Crippen LogP contribution in [0.2, 0.25) is 0 Å². The Balaban J connectivity index is 1.59. The molecule has 3 aromatic rings. The van der Waals surface area contributed by atoms with Crippen LogP contribution in [0.1, 0.15) is 40.5 Å². The molecule has 0 aliphatic carbocycles. The number of rotatable bonds is 4. The summed E-state index contributed by atoms with van der Waals surface area (Å²) in [6, 6.07) is 22.1. The maximum absolute atomic E-state index is 13.1. The van der Waals surface area contributed by atoms with Crippen molar-refractivity contribution in [3.63, 3.8) is 0 Å². The fourth-order valence-corrected chi connectivity index (χ4v) is 4.10. The maximum atomic E-state index is 13.1. The zero-order valence-electron chi connectivity index (χ0n) is 17.0. The number of aryl methyl sites for hydroxylation is 1. The molecule has 1 aliphatic rings. The van der Waals surface area contributed by atoms with Crippen LogP contribution in [0.5, 0.6) is 5.75 Å². The molecule has 0 saturated carbocycles. The molecule has 4 nitrogen and oxygen atoms in total. The lowest BCUT2D eigenvalue weighted by molar-refractivity contribution is 0.0702. The van der Waals surface area contributed by atoms with E-state index in [-0.39, 0.29) is 11.8 Å². The number of aromatic nitrogens is 1. The average molecular weight is 386 g/mol. The third-order valence-electron chi connectivity index (χ3n) is 5.54. The van der Waals surface area contributed by atoms with Gasteiger partial charge in [-0.15, -0.1) is 0 Å². The lowest BCUT2D eigenvalue weighted by Crippen LogP contribution is -2.39. The van der Waals surface area contributed by atoms with Gasteiger partial charge >= 0.3 is 0 Å². The molecule has 2 aromatic carbocycles. The Morgan fingerprint density at radius 1 is 1.03 bits per heavy atom. The number of ether oxygens (including phenoxy) is 1. The summed E-state index contributed by atoms with van der Waals surface area (Å²) in [7, 11) is 1.60. The summed E-state index contributed by atoms with van der Waals surface area (Å²) in [6.45, 7) is 3.49. The molecule has 1 amide bonds. The van der Waals surface area contributed by atoms with E-state index in [1.807, 2.05) is 42.2 Å². The predicted octanol–water partition coefficient (Wildman–Crippen LogP) is 5.09. The Bertz CT molecular complexity index is 1000. The van der Waals surface area contributed by atoms with E-state index in [2.05, 4.69) is 36.4 Å². The van der Waals surface area contributed by atoms with Gasteiger partial charge in [0.25, 0.3) is 5.91 Å². The number of hydrogen-bond donors (Lipinski definition) is 0. The number of carbonyl (C=O) groups is 1. The van der Waals surface area contributed by atoms with Crippen LogP contribution in [0.15, 0.2) is 66.7 Å². The van der Waals surface area contributed by atoms with Crippen molar-refractivity contribution < 1.29 is 9.53 Å². The summed E-state index contributed by atoms with van der Waals surface area (Å²) in [5.74, 6) is 0.896. The summed E-state index contributed by atoms with van der Waals surface area (Å²) in [4.78, 5) is 19.9. The number of hydrogen-bond acceptors (Lipinski definition) is 3. The standard InChI is InChI=1S/C25H26N2O2/c1-18-15-21(19-9-4-3-5-10-19)16-23(26-18)20-11-8-14-27(17-20)25(28)22-12-6-7-13-24(22)29-2/h3-7,9-10,12-13,15-16,20H,8,11,14,17H2,1-2H3/t20-/m0/s1. The number of amides is 1. The molecule has 148 valence electrons. The van der Waals surface area contributed by atoms with Crippen LogP contribution in [0.3, 0.4) is 0 Å². The molecule has 1 aromatic heterocycles. The predicted molar refractivity (Wildman–Crippen MR) is 115 cm³/mol. The van der Waals surface area contributed by atoms with Crippen LogP contribution >= 0.6 is 0 Å². The van der Waals surface area contributed by atoms with Gasteiger partial charge < -0.3 is 9.64 Å². The normalized spacial score (nSPS) is 16.5. The van der Waals surface area contributed by atoms with Crippen molar-refractivity contribution in [2.75, 3.05) is 20.2 Å². The van der Waals surface area contributed by atoms with E-state index in [4.69, 9.17) is 9.72 Å². The van der Waals surface area contributed by atoms with Crippen LogP contribution in [-0.4, -0.2) is 36.0 Å². The summed E-state index contributed by atoms with van der Waals surface area (Å²) >= 11 is 0. The van der Waals surface area contributed by atoms with Crippen molar-refractivity contribution in [3.05, 3.63) is 83.7 Å². The molecule has 0 N–H and O–H groups in total. The first-order valence-electron chi connectivity index (χ1n) is 10.1. The Morgan fingerprint density at radius 3 is 2.59 bits per heavy atom. The SMILES string of the molecule is COc1ccccc1C(=O)N1CCC[C@H](c2cc(-c3ccccc3)cc(C)n2)C1. The molecule has 1 fully saturated rings. The maximum Gasteiger partial charge on any atom is 0.257 e. The molecule has 0 unspecified atom stereocenters. The van der Waals surface area contributed by atoms with E-state index >= 15 is 0 Å². The number of methoxy groups -OCH3 is 1. The van der Waals surface area contributed by atoms with Crippen LogP contribution in [0, 0.1) is 6.92 Å². The van der Waals surface area contributed by atoms with Gasteiger partial charge in [-0.2, -0.15) is 0 Å². The van der Waals surface area contributed by atoms with Crippen molar-refractivity contribution in [2.45, 2.75) is 25.7 Å². The number of nitrogens with zero attached hydrogens (tertiary/aromatic N) is 2. The number of para-hydroxylation sites is 1. The van der Waals surface area contributed by atoms with E-state index in [9.17, 15) is 4.79 Å². The van der Waals surface area contributed by atoms with E-state index < -0.39 is 0 Å². The minimum absolute atomic E-state index is 0.0306. The van der Waals surface area contributed by atoms with Crippen LogP contribution in [0.25, 0.3) is 11.1 Å². The van der Waals surface area contributed by atoms with E-state index in [0.29, 0.717) is 17.9 Å². The number of pyridine rings is 1. The first-order valence-corrected chi connectivity index (χ1v) is 10.1. The van der Waals surface area contributed by atoms with Gasteiger partial charge in [0.05, 0.1) is 12.7 Å². The van der Waals surface area contributed by atoms with Crippen molar-refractivity contribution >= 4 is 5.91 Å². The quantitative estimate of drug-likeness (QED) is 0.627. The molecular weight excluding hydrogens is 360 g/mol. The molecule has 1 saturated heterocycles. The van der Waals surface area contributed by atoms with Gasteiger partial charge in [-0.3, -0.25) is 9.78 Å². The lowest BCUT2D eigenvalue weighted by atomic mass is 9.91. The molecule has 0 spiro atoms. The fourth-order valence-electron chi connectivity index (χ4n) is 4.10. The van der Waals surface area contributed by atoms with E-state index in [1.54, 1.807) is 7.11 Å². The van der Waals surface area contributed by atoms with E-state index in [1.165, 1.54) is 11.1 Å². The van der Waals surface area contributed by atoms with Gasteiger partial charge in [-0.25, -0.2) is 0 Å². The van der Waals surface area contributed by atoms with Gasteiger partial charge in [-0.1, -0.05) is 42.5 Å². The monoisotopic (exact) mass is 386 g/mol. The molecule has 29 heavy (non-hydrogen) atoms. The second-order valence-electron chi connectivity index (χ2n) is 7.58. The number of piperidine rings is 1. The van der Waals surface area contributed by atoms with E-state index in [0.717, 1.165) is 30.8 Å². The summed E-state index contributed by atoms with van der Waals surface area (Å²) < 4.78 is 5.39.